The minimum Gasteiger partial charge on any atom is -0.367 e. The fourth-order valence-electron chi connectivity index (χ4n) is 1.66. The number of nitrogens with one attached hydrogen (secondary N) is 2. The van der Waals surface area contributed by atoms with Crippen LogP contribution in [0.3, 0.4) is 0 Å². The zero-order valence-electron chi connectivity index (χ0n) is 11.2. The van der Waals surface area contributed by atoms with Gasteiger partial charge in [0.05, 0.1) is 0 Å². The molecule has 1 unspecified atom stereocenters. The van der Waals surface area contributed by atoms with Crippen molar-refractivity contribution in [3.8, 4) is 0 Å². The van der Waals surface area contributed by atoms with Crippen molar-refractivity contribution in [3.63, 3.8) is 0 Å². The SMILES string of the molecule is CCc1nc(NC(C)CCC(C)C)cc(=O)[nH]1. The number of rotatable bonds is 6. The summed E-state index contributed by atoms with van der Waals surface area (Å²) < 4.78 is 0. The van der Waals surface area contributed by atoms with E-state index < -0.39 is 0 Å². The molecule has 0 bridgehead atoms. The smallest absolute Gasteiger partial charge is 0.252 e. The minimum absolute atomic E-state index is 0.0876. The highest BCUT2D eigenvalue weighted by atomic mass is 16.1. The number of H-pyrrole nitrogens is 1. The van der Waals surface area contributed by atoms with Gasteiger partial charge < -0.3 is 10.3 Å². The number of nitrogens with zero attached hydrogens (tertiary/aromatic N) is 1. The molecule has 4 nitrogen and oxygen atoms in total. The molecule has 0 spiro atoms. The molecule has 2 N–H and O–H groups in total. The van der Waals surface area contributed by atoms with E-state index in [9.17, 15) is 4.79 Å². The molecule has 0 amide bonds. The lowest BCUT2D eigenvalue weighted by Gasteiger charge is -2.15. The van der Waals surface area contributed by atoms with Crippen molar-refractivity contribution in [2.45, 2.75) is 53.0 Å². The second-order valence-electron chi connectivity index (χ2n) is 4.95. The topological polar surface area (TPSA) is 57.8 Å². The number of hydrogen-bond donors (Lipinski definition) is 2. The Morgan fingerprint density at radius 3 is 2.65 bits per heavy atom. The number of aromatic nitrogens is 2. The van der Waals surface area contributed by atoms with E-state index in [2.05, 4.69) is 36.1 Å². The van der Waals surface area contributed by atoms with Crippen LogP contribution >= 0.6 is 0 Å². The summed E-state index contributed by atoms with van der Waals surface area (Å²) >= 11 is 0. The third kappa shape index (κ3) is 5.02. The maximum absolute atomic E-state index is 11.4. The van der Waals surface area contributed by atoms with E-state index in [1.807, 2.05) is 6.92 Å². The molecule has 0 aliphatic heterocycles. The maximum Gasteiger partial charge on any atom is 0.252 e. The summed E-state index contributed by atoms with van der Waals surface area (Å²) in [5, 5.41) is 3.28. The molecule has 96 valence electrons. The summed E-state index contributed by atoms with van der Waals surface area (Å²) in [6, 6.07) is 1.86. The minimum atomic E-state index is -0.0876. The molecular formula is C13H23N3O. The lowest BCUT2D eigenvalue weighted by molar-refractivity contribution is 0.527. The van der Waals surface area contributed by atoms with E-state index in [1.165, 1.54) is 12.5 Å². The normalized spacial score (nSPS) is 12.8. The van der Waals surface area contributed by atoms with Gasteiger partial charge in [0.15, 0.2) is 0 Å². The Balaban J connectivity index is 2.61. The second-order valence-corrected chi connectivity index (χ2v) is 4.95. The van der Waals surface area contributed by atoms with Crippen molar-refractivity contribution in [3.05, 3.63) is 22.2 Å². The van der Waals surface area contributed by atoms with Gasteiger partial charge in [0.25, 0.3) is 5.56 Å². The van der Waals surface area contributed by atoms with Gasteiger partial charge in [0, 0.05) is 18.5 Å². The molecule has 17 heavy (non-hydrogen) atoms. The van der Waals surface area contributed by atoms with Crippen LogP contribution in [0.2, 0.25) is 0 Å². The average molecular weight is 237 g/mol. The van der Waals surface area contributed by atoms with Gasteiger partial charge in [0.1, 0.15) is 11.6 Å². The lowest BCUT2D eigenvalue weighted by atomic mass is 10.0. The van der Waals surface area contributed by atoms with E-state index in [4.69, 9.17) is 0 Å². The van der Waals surface area contributed by atoms with Crippen LogP contribution in [-0.4, -0.2) is 16.0 Å². The Morgan fingerprint density at radius 2 is 2.06 bits per heavy atom. The summed E-state index contributed by atoms with van der Waals surface area (Å²) in [6.07, 6.45) is 3.01. The summed E-state index contributed by atoms with van der Waals surface area (Å²) in [7, 11) is 0. The third-order valence-corrected chi connectivity index (χ3v) is 2.70. The zero-order valence-corrected chi connectivity index (χ0v) is 11.2. The molecule has 1 rings (SSSR count). The second kappa shape index (κ2) is 6.42. The van der Waals surface area contributed by atoms with Crippen LogP contribution in [0, 0.1) is 5.92 Å². The van der Waals surface area contributed by atoms with E-state index in [-0.39, 0.29) is 5.56 Å². The quantitative estimate of drug-likeness (QED) is 0.799. The van der Waals surface area contributed by atoms with Crippen LogP contribution in [0.5, 0.6) is 0 Å². The summed E-state index contributed by atoms with van der Waals surface area (Å²) in [4.78, 5) is 18.4. The van der Waals surface area contributed by atoms with Crippen LogP contribution in [0.4, 0.5) is 5.82 Å². The molecule has 0 radical (unpaired) electrons. The lowest BCUT2D eigenvalue weighted by Crippen LogP contribution is -2.20. The molecule has 0 fully saturated rings. The predicted molar refractivity (Wildman–Crippen MR) is 71.4 cm³/mol. The maximum atomic E-state index is 11.4. The van der Waals surface area contributed by atoms with E-state index in [1.54, 1.807) is 0 Å². The van der Waals surface area contributed by atoms with Gasteiger partial charge in [-0.3, -0.25) is 4.79 Å². The molecule has 1 aromatic rings. The fourth-order valence-corrected chi connectivity index (χ4v) is 1.66. The van der Waals surface area contributed by atoms with E-state index >= 15 is 0 Å². The van der Waals surface area contributed by atoms with E-state index in [0.717, 1.165) is 18.7 Å². The first-order valence-corrected chi connectivity index (χ1v) is 6.38. The molecule has 4 heteroatoms. The Labute approximate surface area is 103 Å². The van der Waals surface area contributed by atoms with Gasteiger partial charge in [-0.2, -0.15) is 0 Å². The predicted octanol–water partition coefficient (Wildman–Crippen LogP) is 2.57. The van der Waals surface area contributed by atoms with Gasteiger partial charge in [-0.15, -0.1) is 0 Å². The summed E-state index contributed by atoms with van der Waals surface area (Å²) in [5.41, 5.74) is -0.0876. The largest absolute Gasteiger partial charge is 0.367 e. The van der Waals surface area contributed by atoms with Crippen LogP contribution in [0.1, 0.15) is 46.4 Å². The first-order valence-electron chi connectivity index (χ1n) is 6.38. The molecule has 0 aromatic carbocycles. The highest BCUT2D eigenvalue weighted by Gasteiger charge is 2.06. The number of aryl methyl sites for hydroxylation is 1. The molecular weight excluding hydrogens is 214 g/mol. The van der Waals surface area contributed by atoms with Crippen LogP contribution in [0.15, 0.2) is 10.9 Å². The van der Waals surface area contributed by atoms with Crippen molar-refractivity contribution in [1.29, 1.82) is 0 Å². The molecule has 1 aromatic heterocycles. The van der Waals surface area contributed by atoms with E-state index in [0.29, 0.717) is 17.8 Å². The monoisotopic (exact) mass is 237 g/mol. The Hall–Kier alpha value is -1.32. The molecule has 1 atom stereocenters. The first kappa shape index (κ1) is 13.7. The first-order chi connectivity index (χ1) is 8.01. The summed E-state index contributed by atoms with van der Waals surface area (Å²) in [6.45, 7) is 8.53. The van der Waals surface area contributed by atoms with Crippen LogP contribution in [0.25, 0.3) is 0 Å². The number of aromatic amines is 1. The molecule has 0 aliphatic carbocycles. The van der Waals surface area contributed by atoms with Crippen molar-refractivity contribution in [2.24, 2.45) is 5.92 Å². The van der Waals surface area contributed by atoms with Crippen LogP contribution in [-0.2, 0) is 6.42 Å². The van der Waals surface area contributed by atoms with Crippen molar-refractivity contribution in [1.82, 2.24) is 9.97 Å². The van der Waals surface area contributed by atoms with Gasteiger partial charge in [-0.1, -0.05) is 20.8 Å². The Morgan fingerprint density at radius 1 is 1.35 bits per heavy atom. The Bertz CT molecular complexity index is 398. The summed E-state index contributed by atoms with van der Waals surface area (Å²) in [5.74, 6) is 2.12. The molecule has 0 aliphatic rings. The highest BCUT2D eigenvalue weighted by molar-refractivity contribution is 5.33. The third-order valence-electron chi connectivity index (χ3n) is 2.70. The molecule has 0 saturated heterocycles. The molecule has 1 heterocycles. The fraction of sp³-hybridized carbons (Fsp3) is 0.692. The van der Waals surface area contributed by atoms with Gasteiger partial charge in [0.2, 0.25) is 0 Å². The average Bonchev–Trinajstić information content (AvgIpc) is 2.25. The highest BCUT2D eigenvalue weighted by Crippen LogP contribution is 2.10. The number of anilines is 1. The van der Waals surface area contributed by atoms with Gasteiger partial charge >= 0.3 is 0 Å². The van der Waals surface area contributed by atoms with Crippen LogP contribution < -0.4 is 10.9 Å². The van der Waals surface area contributed by atoms with Crippen molar-refractivity contribution < 1.29 is 0 Å². The number of hydrogen-bond acceptors (Lipinski definition) is 3. The zero-order chi connectivity index (χ0) is 12.8. The van der Waals surface area contributed by atoms with Crippen molar-refractivity contribution in [2.75, 3.05) is 5.32 Å². The standard InChI is InChI=1S/C13H23N3O/c1-5-11-15-12(8-13(17)16-11)14-10(4)7-6-9(2)3/h8-10H,5-7H2,1-4H3,(H2,14,15,16,17). The molecule has 0 saturated carbocycles. The van der Waals surface area contributed by atoms with Gasteiger partial charge in [-0.25, -0.2) is 4.98 Å². The Kier molecular flexibility index (Phi) is 5.19. The van der Waals surface area contributed by atoms with Gasteiger partial charge in [-0.05, 0) is 25.7 Å². The van der Waals surface area contributed by atoms with Crippen molar-refractivity contribution >= 4 is 5.82 Å².